The van der Waals surface area contributed by atoms with E-state index in [2.05, 4.69) is 4.98 Å². The van der Waals surface area contributed by atoms with E-state index in [9.17, 15) is 13.2 Å². The van der Waals surface area contributed by atoms with Crippen LogP contribution in [0.15, 0.2) is 30.5 Å². The lowest BCUT2D eigenvalue weighted by atomic mass is 10.3. The fourth-order valence-electron chi connectivity index (χ4n) is 1.30. The van der Waals surface area contributed by atoms with Crippen LogP contribution < -0.4 is 4.74 Å². The van der Waals surface area contributed by atoms with Crippen molar-refractivity contribution in [3.63, 3.8) is 0 Å². The van der Waals surface area contributed by atoms with Gasteiger partial charge in [0.2, 0.25) is 0 Å². The van der Waals surface area contributed by atoms with Crippen LogP contribution >= 0.6 is 11.6 Å². The van der Waals surface area contributed by atoms with E-state index in [1.165, 1.54) is 12.3 Å². The zero-order chi connectivity index (χ0) is 13.1. The Kier molecular flexibility index (Phi) is 3.72. The zero-order valence-electron chi connectivity index (χ0n) is 8.96. The maximum absolute atomic E-state index is 13.7. The summed E-state index contributed by atoms with van der Waals surface area (Å²) in [6.07, 6.45) is 1.27. The lowest BCUT2D eigenvalue weighted by molar-refractivity contribution is 0.393. The molecule has 0 saturated heterocycles. The number of benzene rings is 1. The van der Waals surface area contributed by atoms with Gasteiger partial charge in [-0.15, -0.1) is 11.6 Å². The summed E-state index contributed by atoms with van der Waals surface area (Å²) >= 11 is 5.51. The summed E-state index contributed by atoms with van der Waals surface area (Å²) in [5.41, 5.74) is 0.165. The summed E-state index contributed by atoms with van der Waals surface area (Å²) < 4.78 is 44.8. The van der Waals surface area contributed by atoms with Crippen LogP contribution in [0.1, 0.15) is 5.56 Å². The lowest BCUT2D eigenvalue weighted by Crippen LogP contribution is -1.97. The minimum Gasteiger partial charge on any atom is -0.433 e. The van der Waals surface area contributed by atoms with Crippen LogP contribution in [0.2, 0.25) is 0 Å². The Balaban J connectivity index is 2.37. The third kappa shape index (κ3) is 2.56. The summed E-state index contributed by atoms with van der Waals surface area (Å²) in [4.78, 5) is 3.61. The molecule has 0 bridgehead atoms. The summed E-state index contributed by atoms with van der Waals surface area (Å²) in [5.74, 6) is -3.26. The number of pyridine rings is 1. The number of alkyl halides is 1. The van der Waals surface area contributed by atoms with Crippen LogP contribution in [-0.2, 0) is 5.88 Å². The number of halogens is 4. The van der Waals surface area contributed by atoms with Crippen LogP contribution in [0.4, 0.5) is 13.2 Å². The molecule has 0 spiro atoms. The molecule has 0 aliphatic heterocycles. The van der Waals surface area contributed by atoms with Gasteiger partial charge in [0.1, 0.15) is 5.82 Å². The van der Waals surface area contributed by atoms with Gasteiger partial charge in [-0.05, 0) is 18.2 Å². The van der Waals surface area contributed by atoms with Crippen LogP contribution in [-0.4, -0.2) is 4.98 Å². The molecule has 0 aliphatic rings. The maximum atomic E-state index is 13.7. The molecule has 94 valence electrons. The highest BCUT2D eigenvalue weighted by Gasteiger charge is 2.13. The number of nitrogens with zero attached hydrogens (tertiary/aromatic N) is 1. The van der Waals surface area contributed by atoms with Gasteiger partial charge in [0.15, 0.2) is 17.4 Å². The smallest absolute Gasteiger partial charge is 0.256 e. The Hall–Kier alpha value is -1.75. The number of aromatic nitrogens is 1. The van der Waals surface area contributed by atoms with Crippen molar-refractivity contribution in [2.75, 3.05) is 0 Å². The van der Waals surface area contributed by atoms with Gasteiger partial charge in [-0.25, -0.2) is 18.2 Å². The van der Waals surface area contributed by atoms with Crippen molar-refractivity contribution < 1.29 is 17.9 Å². The van der Waals surface area contributed by atoms with Crippen molar-refractivity contribution in [2.45, 2.75) is 5.88 Å². The second-order valence-electron chi connectivity index (χ2n) is 3.40. The fourth-order valence-corrected chi connectivity index (χ4v) is 1.50. The van der Waals surface area contributed by atoms with Crippen LogP contribution in [0.3, 0.4) is 0 Å². The molecule has 0 amide bonds. The molecule has 2 aromatic rings. The molecule has 0 radical (unpaired) electrons. The molecular weight excluding hydrogens is 267 g/mol. The number of hydrogen-bond acceptors (Lipinski definition) is 2. The minimum absolute atomic E-state index is 0.0731. The normalized spacial score (nSPS) is 10.4. The molecule has 0 aliphatic carbocycles. The highest BCUT2D eigenvalue weighted by atomic mass is 35.5. The van der Waals surface area contributed by atoms with Crippen LogP contribution in [0.5, 0.6) is 11.6 Å². The van der Waals surface area contributed by atoms with Gasteiger partial charge in [0.05, 0.1) is 5.88 Å². The molecular formula is C12H7ClF3NO. The highest BCUT2D eigenvalue weighted by molar-refractivity contribution is 6.17. The Bertz CT molecular complexity index is 577. The Morgan fingerprint density at radius 3 is 2.67 bits per heavy atom. The van der Waals surface area contributed by atoms with Crippen molar-refractivity contribution >= 4 is 11.6 Å². The standard InChI is InChI=1S/C12H7ClF3NO/c13-6-7-3-4-17-12(11(7)16)18-10-5-8(14)1-2-9(10)15/h1-5H,6H2. The molecule has 0 N–H and O–H groups in total. The summed E-state index contributed by atoms with van der Waals surface area (Å²) in [6, 6.07) is 4.00. The van der Waals surface area contributed by atoms with Crippen LogP contribution in [0, 0.1) is 17.5 Å². The Morgan fingerprint density at radius 1 is 1.17 bits per heavy atom. The van der Waals surface area contributed by atoms with Crippen molar-refractivity contribution in [3.8, 4) is 11.6 Å². The highest BCUT2D eigenvalue weighted by Crippen LogP contribution is 2.27. The van der Waals surface area contributed by atoms with E-state index < -0.39 is 29.1 Å². The molecule has 0 fully saturated rings. The van der Waals surface area contributed by atoms with E-state index in [1.807, 2.05) is 0 Å². The van der Waals surface area contributed by atoms with Crippen molar-refractivity contribution in [1.82, 2.24) is 4.98 Å². The van der Waals surface area contributed by atoms with E-state index in [4.69, 9.17) is 16.3 Å². The first-order valence-electron chi connectivity index (χ1n) is 4.94. The van der Waals surface area contributed by atoms with E-state index in [-0.39, 0.29) is 11.4 Å². The van der Waals surface area contributed by atoms with Crippen LogP contribution in [0.25, 0.3) is 0 Å². The van der Waals surface area contributed by atoms with E-state index >= 15 is 0 Å². The largest absolute Gasteiger partial charge is 0.433 e. The fraction of sp³-hybridized carbons (Fsp3) is 0.0833. The minimum atomic E-state index is -0.811. The van der Waals surface area contributed by atoms with E-state index in [0.717, 1.165) is 18.2 Å². The molecule has 18 heavy (non-hydrogen) atoms. The topological polar surface area (TPSA) is 22.1 Å². The summed E-state index contributed by atoms with van der Waals surface area (Å²) in [5, 5.41) is 0. The predicted octanol–water partition coefficient (Wildman–Crippen LogP) is 4.03. The van der Waals surface area contributed by atoms with Gasteiger partial charge >= 0.3 is 0 Å². The SMILES string of the molecule is Fc1ccc(F)c(Oc2nccc(CCl)c2F)c1. The third-order valence-corrected chi connectivity index (χ3v) is 2.47. The number of ether oxygens (including phenoxy) is 1. The molecule has 1 aromatic heterocycles. The molecule has 6 heteroatoms. The van der Waals surface area contributed by atoms with Gasteiger partial charge in [-0.2, -0.15) is 0 Å². The van der Waals surface area contributed by atoms with Gasteiger partial charge < -0.3 is 4.74 Å². The molecule has 1 heterocycles. The summed E-state index contributed by atoms with van der Waals surface area (Å²) in [7, 11) is 0. The lowest BCUT2D eigenvalue weighted by Gasteiger charge is -2.08. The van der Waals surface area contributed by atoms with E-state index in [0.29, 0.717) is 0 Å². The van der Waals surface area contributed by atoms with Gasteiger partial charge in [-0.1, -0.05) is 0 Å². The van der Waals surface area contributed by atoms with Crippen molar-refractivity contribution in [3.05, 3.63) is 53.5 Å². The van der Waals surface area contributed by atoms with Crippen molar-refractivity contribution in [2.24, 2.45) is 0 Å². The average molecular weight is 274 g/mol. The van der Waals surface area contributed by atoms with E-state index in [1.54, 1.807) is 0 Å². The Labute approximate surface area is 106 Å². The first-order chi connectivity index (χ1) is 8.61. The third-order valence-electron chi connectivity index (χ3n) is 2.18. The maximum Gasteiger partial charge on any atom is 0.256 e. The second kappa shape index (κ2) is 5.27. The second-order valence-corrected chi connectivity index (χ2v) is 3.67. The molecule has 2 rings (SSSR count). The molecule has 1 aromatic carbocycles. The molecule has 2 nitrogen and oxygen atoms in total. The number of hydrogen-bond donors (Lipinski definition) is 0. The van der Waals surface area contributed by atoms with Crippen molar-refractivity contribution in [1.29, 1.82) is 0 Å². The quantitative estimate of drug-likeness (QED) is 0.788. The predicted molar refractivity (Wildman–Crippen MR) is 60.2 cm³/mol. The molecule has 0 atom stereocenters. The van der Waals surface area contributed by atoms with Gasteiger partial charge in [0.25, 0.3) is 5.88 Å². The average Bonchev–Trinajstić information content (AvgIpc) is 2.36. The van der Waals surface area contributed by atoms with Gasteiger partial charge in [-0.3, -0.25) is 0 Å². The molecule has 0 unspecified atom stereocenters. The Morgan fingerprint density at radius 2 is 1.94 bits per heavy atom. The summed E-state index contributed by atoms with van der Waals surface area (Å²) in [6.45, 7) is 0. The number of rotatable bonds is 3. The zero-order valence-corrected chi connectivity index (χ0v) is 9.72. The van der Waals surface area contributed by atoms with Gasteiger partial charge in [0, 0.05) is 17.8 Å². The first kappa shape index (κ1) is 12.7. The monoisotopic (exact) mass is 273 g/mol. The molecule has 0 saturated carbocycles. The first-order valence-corrected chi connectivity index (χ1v) is 5.47.